The van der Waals surface area contributed by atoms with Crippen molar-refractivity contribution in [1.29, 1.82) is 0 Å². The van der Waals surface area contributed by atoms with Gasteiger partial charge in [0, 0.05) is 18.8 Å². The van der Waals surface area contributed by atoms with Crippen molar-refractivity contribution in [2.75, 3.05) is 39.2 Å². The Labute approximate surface area is 172 Å². The average Bonchev–Trinajstić information content (AvgIpc) is 2.65. The number of anilines is 1. The molecule has 0 fully saturated rings. The number of hydrogen-bond donors (Lipinski definition) is 2. The van der Waals surface area contributed by atoms with Crippen LogP contribution in [-0.4, -0.2) is 39.9 Å². The minimum atomic E-state index is 0. The molecular formula is C19H26IN3O3. The fourth-order valence-electron chi connectivity index (χ4n) is 2.19. The van der Waals surface area contributed by atoms with Crippen LogP contribution in [0.1, 0.15) is 6.92 Å². The first-order chi connectivity index (χ1) is 12.3. The first-order valence-electron chi connectivity index (χ1n) is 8.23. The first kappa shape index (κ1) is 21.9. The molecule has 0 unspecified atom stereocenters. The van der Waals surface area contributed by atoms with Crippen LogP contribution in [0.15, 0.2) is 53.5 Å². The summed E-state index contributed by atoms with van der Waals surface area (Å²) >= 11 is 0. The van der Waals surface area contributed by atoms with E-state index in [-0.39, 0.29) is 24.0 Å². The fourth-order valence-corrected chi connectivity index (χ4v) is 2.19. The third kappa shape index (κ3) is 6.99. The molecule has 2 N–H and O–H groups in total. The lowest BCUT2D eigenvalue weighted by Gasteiger charge is -2.15. The molecule has 0 radical (unpaired) electrons. The standard InChI is InChI=1S/C19H25N3O3.HI/c1-4-24-18-14-15(10-11-17(18)23-3)22-19(20-2)21-12-13-25-16-8-6-5-7-9-16;/h5-11,14H,4,12-13H2,1-3H3,(H2,20,21,22);1H. The molecule has 0 bridgehead atoms. The molecule has 0 aromatic heterocycles. The van der Waals surface area contributed by atoms with Crippen LogP contribution in [0.25, 0.3) is 0 Å². The van der Waals surface area contributed by atoms with E-state index < -0.39 is 0 Å². The van der Waals surface area contributed by atoms with Gasteiger partial charge in [0.25, 0.3) is 0 Å². The van der Waals surface area contributed by atoms with Crippen molar-refractivity contribution in [1.82, 2.24) is 5.32 Å². The number of halogens is 1. The number of rotatable bonds is 8. The van der Waals surface area contributed by atoms with E-state index in [1.54, 1.807) is 14.2 Å². The Hall–Kier alpha value is -2.16. The summed E-state index contributed by atoms with van der Waals surface area (Å²) in [6.45, 7) is 3.68. The predicted molar refractivity (Wildman–Crippen MR) is 116 cm³/mol. The summed E-state index contributed by atoms with van der Waals surface area (Å²) < 4.78 is 16.5. The highest BCUT2D eigenvalue weighted by molar-refractivity contribution is 14.0. The van der Waals surface area contributed by atoms with E-state index in [1.165, 1.54) is 0 Å². The highest BCUT2D eigenvalue weighted by atomic mass is 127. The van der Waals surface area contributed by atoms with Gasteiger partial charge in [0.1, 0.15) is 12.4 Å². The zero-order valence-electron chi connectivity index (χ0n) is 15.3. The smallest absolute Gasteiger partial charge is 0.195 e. The molecule has 2 rings (SSSR count). The number of hydrogen-bond acceptors (Lipinski definition) is 4. The Morgan fingerprint density at radius 1 is 1.04 bits per heavy atom. The fraction of sp³-hybridized carbons (Fsp3) is 0.316. The monoisotopic (exact) mass is 471 g/mol. The van der Waals surface area contributed by atoms with Gasteiger partial charge in [0.2, 0.25) is 0 Å². The number of methoxy groups -OCH3 is 1. The van der Waals surface area contributed by atoms with Gasteiger partial charge in [0.15, 0.2) is 17.5 Å². The molecule has 0 saturated heterocycles. The lowest BCUT2D eigenvalue weighted by molar-refractivity contribution is 0.311. The molecule has 0 aliphatic rings. The summed E-state index contributed by atoms with van der Waals surface area (Å²) in [5.74, 6) is 2.90. The summed E-state index contributed by atoms with van der Waals surface area (Å²) in [6.07, 6.45) is 0. The second-order valence-corrected chi connectivity index (χ2v) is 5.08. The van der Waals surface area contributed by atoms with Crippen molar-refractivity contribution in [3.05, 3.63) is 48.5 Å². The largest absolute Gasteiger partial charge is 0.493 e. The van der Waals surface area contributed by atoms with Crippen molar-refractivity contribution in [2.24, 2.45) is 4.99 Å². The molecular weight excluding hydrogens is 445 g/mol. The van der Waals surface area contributed by atoms with Crippen LogP contribution in [0.4, 0.5) is 5.69 Å². The molecule has 2 aromatic carbocycles. The van der Waals surface area contributed by atoms with Gasteiger partial charge in [-0.15, -0.1) is 24.0 Å². The number of benzene rings is 2. The zero-order valence-corrected chi connectivity index (χ0v) is 17.7. The van der Waals surface area contributed by atoms with Gasteiger partial charge >= 0.3 is 0 Å². The van der Waals surface area contributed by atoms with Crippen LogP contribution < -0.4 is 24.8 Å². The number of para-hydroxylation sites is 1. The van der Waals surface area contributed by atoms with Gasteiger partial charge < -0.3 is 24.8 Å². The lowest BCUT2D eigenvalue weighted by Crippen LogP contribution is -2.33. The number of nitrogens with zero attached hydrogens (tertiary/aromatic N) is 1. The molecule has 0 saturated carbocycles. The quantitative estimate of drug-likeness (QED) is 0.266. The van der Waals surface area contributed by atoms with E-state index in [9.17, 15) is 0 Å². The van der Waals surface area contributed by atoms with Crippen LogP contribution in [0.3, 0.4) is 0 Å². The van der Waals surface area contributed by atoms with E-state index in [1.807, 2.05) is 55.5 Å². The normalized spacial score (nSPS) is 10.5. The van der Waals surface area contributed by atoms with Gasteiger partial charge in [-0.05, 0) is 31.2 Å². The minimum Gasteiger partial charge on any atom is -0.493 e. The van der Waals surface area contributed by atoms with Crippen LogP contribution in [0, 0.1) is 0 Å². The summed E-state index contributed by atoms with van der Waals surface area (Å²) in [5, 5.41) is 6.44. The van der Waals surface area contributed by atoms with Crippen molar-refractivity contribution < 1.29 is 14.2 Å². The molecule has 2 aromatic rings. The topological polar surface area (TPSA) is 64.1 Å². The first-order valence-corrected chi connectivity index (χ1v) is 8.23. The highest BCUT2D eigenvalue weighted by Gasteiger charge is 2.06. The SMILES string of the molecule is CCOc1cc(NC(=NC)NCCOc2ccccc2)ccc1OC.I. The third-order valence-corrected chi connectivity index (χ3v) is 3.36. The number of aliphatic imine (C=N–C) groups is 1. The van der Waals surface area contributed by atoms with Crippen molar-refractivity contribution >= 4 is 35.6 Å². The van der Waals surface area contributed by atoms with Gasteiger partial charge in [-0.25, -0.2) is 0 Å². The summed E-state index contributed by atoms with van der Waals surface area (Å²) in [5.41, 5.74) is 0.862. The Kier molecular flexibility index (Phi) is 10.3. The third-order valence-electron chi connectivity index (χ3n) is 3.36. The van der Waals surface area contributed by atoms with E-state index in [4.69, 9.17) is 14.2 Å². The molecule has 0 amide bonds. The lowest BCUT2D eigenvalue weighted by atomic mass is 10.2. The second-order valence-electron chi connectivity index (χ2n) is 5.08. The van der Waals surface area contributed by atoms with Crippen molar-refractivity contribution in [3.8, 4) is 17.2 Å². The maximum atomic E-state index is 5.65. The van der Waals surface area contributed by atoms with Gasteiger partial charge in [-0.1, -0.05) is 18.2 Å². The zero-order chi connectivity index (χ0) is 17.9. The molecule has 0 spiro atoms. The molecule has 0 atom stereocenters. The van der Waals surface area contributed by atoms with E-state index >= 15 is 0 Å². The number of ether oxygens (including phenoxy) is 3. The Bertz CT molecular complexity index is 681. The molecule has 0 aliphatic carbocycles. The number of nitrogens with one attached hydrogen (secondary N) is 2. The summed E-state index contributed by atoms with van der Waals surface area (Å²) in [4.78, 5) is 4.21. The maximum absolute atomic E-state index is 5.65. The minimum absolute atomic E-state index is 0. The van der Waals surface area contributed by atoms with E-state index in [0.29, 0.717) is 37.2 Å². The molecule has 0 heterocycles. The Balaban J connectivity index is 0.00000338. The summed E-state index contributed by atoms with van der Waals surface area (Å²) in [6, 6.07) is 15.4. The molecule has 7 heteroatoms. The van der Waals surface area contributed by atoms with Gasteiger partial charge in [-0.2, -0.15) is 0 Å². The molecule has 26 heavy (non-hydrogen) atoms. The summed E-state index contributed by atoms with van der Waals surface area (Å²) in [7, 11) is 3.35. The van der Waals surface area contributed by atoms with Crippen molar-refractivity contribution in [2.45, 2.75) is 6.92 Å². The van der Waals surface area contributed by atoms with Gasteiger partial charge in [0.05, 0.1) is 20.3 Å². The Morgan fingerprint density at radius 3 is 2.46 bits per heavy atom. The van der Waals surface area contributed by atoms with E-state index in [2.05, 4.69) is 15.6 Å². The van der Waals surface area contributed by atoms with Crippen molar-refractivity contribution in [3.63, 3.8) is 0 Å². The van der Waals surface area contributed by atoms with Crippen LogP contribution in [-0.2, 0) is 0 Å². The molecule has 0 aliphatic heterocycles. The highest BCUT2D eigenvalue weighted by Crippen LogP contribution is 2.30. The van der Waals surface area contributed by atoms with Crippen LogP contribution in [0.2, 0.25) is 0 Å². The predicted octanol–water partition coefficient (Wildman–Crippen LogP) is 3.78. The van der Waals surface area contributed by atoms with Gasteiger partial charge in [-0.3, -0.25) is 4.99 Å². The second kappa shape index (κ2) is 12.2. The van der Waals surface area contributed by atoms with Crippen LogP contribution in [0.5, 0.6) is 17.2 Å². The average molecular weight is 471 g/mol. The number of guanidine groups is 1. The van der Waals surface area contributed by atoms with Crippen LogP contribution >= 0.6 is 24.0 Å². The Morgan fingerprint density at radius 2 is 1.81 bits per heavy atom. The molecule has 142 valence electrons. The maximum Gasteiger partial charge on any atom is 0.195 e. The van der Waals surface area contributed by atoms with E-state index in [0.717, 1.165) is 11.4 Å². The molecule has 6 nitrogen and oxygen atoms in total.